The van der Waals surface area contributed by atoms with Crippen LogP contribution in [0.3, 0.4) is 0 Å². The van der Waals surface area contributed by atoms with E-state index in [1.165, 1.54) is 16.0 Å². The van der Waals surface area contributed by atoms with E-state index in [1.54, 1.807) is 0 Å². The molecular formula is C15H17NOS. The third kappa shape index (κ3) is 1.84. The number of para-hydroxylation sites is 1. The lowest BCUT2D eigenvalue weighted by molar-refractivity contribution is 0.304. The van der Waals surface area contributed by atoms with E-state index in [2.05, 4.69) is 41.9 Å². The van der Waals surface area contributed by atoms with Gasteiger partial charge in [0.25, 0.3) is 0 Å². The molecule has 1 aliphatic rings. The Hall–Kier alpha value is -1.32. The van der Waals surface area contributed by atoms with E-state index in [4.69, 9.17) is 4.74 Å². The maximum Gasteiger partial charge on any atom is 0.122 e. The molecule has 0 bridgehead atoms. The molecule has 1 N–H and O–H groups in total. The molecule has 18 heavy (non-hydrogen) atoms. The number of hydrogen-bond acceptors (Lipinski definition) is 3. The van der Waals surface area contributed by atoms with Crippen LogP contribution in [0.5, 0.6) is 5.75 Å². The van der Waals surface area contributed by atoms with Gasteiger partial charge in [0.15, 0.2) is 0 Å². The first-order chi connectivity index (χ1) is 8.81. The van der Waals surface area contributed by atoms with Gasteiger partial charge in [-0.25, -0.2) is 0 Å². The van der Waals surface area contributed by atoms with Crippen LogP contribution in [0.2, 0.25) is 0 Å². The summed E-state index contributed by atoms with van der Waals surface area (Å²) in [5.74, 6) is 1.44. The zero-order valence-electron chi connectivity index (χ0n) is 10.6. The second kappa shape index (κ2) is 4.75. The van der Waals surface area contributed by atoms with Gasteiger partial charge in [0.2, 0.25) is 0 Å². The summed E-state index contributed by atoms with van der Waals surface area (Å²) in [6.07, 6.45) is 0. The normalized spacial score (nSPS) is 19.3. The highest BCUT2D eigenvalue weighted by molar-refractivity contribution is 7.10. The summed E-state index contributed by atoms with van der Waals surface area (Å²) in [5, 5.41) is 5.62. The van der Waals surface area contributed by atoms with Crippen molar-refractivity contribution in [3.8, 4) is 5.75 Å². The van der Waals surface area contributed by atoms with Gasteiger partial charge in [0.1, 0.15) is 5.75 Å². The molecule has 1 aromatic carbocycles. The molecule has 0 saturated carbocycles. The van der Waals surface area contributed by atoms with Crippen LogP contribution in [0.15, 0.2) is 35.7 Å². The van der Waals surface area contributed by atoms with E-state index < -0.39 is 0 Å². The molecule has 0 spiro atoms. The fourth-order valence-corrected chi connectivity index (χ4v) is 3.50. The second-order valence-electron chi connectivity index (χ2n) is 4.65. The van der Waals surface area contributed by atoms with E-state index in [1.807, 2.05) is 24.5 Å². The second-order valence-corrected chi connectivity index (χ2v) is 5.77. The van der Waals surface area contributed by atoms with Gasteiger partial charge in [0.05, 0.1) is 6.61 Å². The van der Waals surface area contributed by atoms with Crippen molar-refractivity contribution in [1.82, 2.24) is 5.32 Å². The molecule has 0 saturated heterocycles. The predicted octanol–water partition coefficient (Wildman–Crippen LogP) is 3.49. The van der Waals surface area contributed by atoms with Gasteiger partial charge < -0.3 is 10.1 Å². The van der Waals surface area contributed by atoms with E-state index >= 15 is 0 Å². The standard InChI is InChI=1S/C15H17NOS/c1-10-11(7-8-18-10)15(16-2)13-9-17-14-6-4-3-5-12(13)14/h3-8,13,15-16H,9H2,1-2H3. The van der Waals surface area contributed by atoms with Crippen LogP contribution in [0.25, 0.3) is 0 Å². The van der Waals surface area contributed by atoms with Crippen molar-refractivity contribution >= 4 is 11.3 Å². The largest absolute Gasteiger partial charge is 0.493 e. The number of aryl methyl sites for hydroxylation is 1. The number of ether oxygens (including phenoxy) is 1. The highest BCUT2D eigenvalue weighted by Gasteiger charge is 2.32. The monoisotopic (exact) mass is 259 g/mol. The zero-order valence-corrected chi connectivity index (χ0v) is 11.5. The summed E-state index contributed by atoms with van der Waals surface area (Å²) in [7, 11) is 2.03. The van der Waals surface area contributed by atoms with Crippen molar-refractivity contribution in [1.29, 1.82) is 0 Å². The molecular weight excluding hydrogens is 242 g/mol. The van der Waals surface area contributed by atoms with Crippen molar-refractivity contribution < 1.29 is 4.74 Å². The Morgan fingerprint density at radius 1 is 1.33 bits per heavy atom. The molecule has 0 amide bonds. The van der Waals surface area contributed by atoms with Crippen molar-refractivity contribution in [3.63, 3.8) is 0 Å². The van der Waals surface area contributed by atoms with Crippen LogP contribution in [0, 0.1) is 6.92 Å². The summed E-state index contributed by atoms with van der Waals surface area (Å²) < 4.78 is 5.80. The van der Waals surface area contributed by atoms with E-state index in [0.29, 0.717) is 12.0 Å². The third-order valence-electron chi connectivity index (χ3n) is 3.68. The van der Waals surface area contributed by atoms with Crippen molar-refractivity contribution in [2.24, 2.45) is 0 Å². The van der Waals surface area contributed by atoms with Crippen LogP contribution >= 0.6 is 11.3 Å². The molecule has 1 aromatic heterocycles. The van der Waals surface area contributed by atoms with E-state index in [9.17, 15) is 0 Å². The molecule has 3 rings (SSSR count). The Morgan fingerprint density at radius 2 is 2.17 bits per heavy atom. The maximum atomic E-state index is 5.80. The number of fused-ring (bicyclic) bond motifs is 1. The van der Waals surface area contributed by atoms with Gasteiger partial charge >= 0.3 is 0 Å². The maximum absolute atomic E-state index is 5.80. The van der Waals surface area contributed by atoms with Crippen LogP contribution < -0.4 is 10.1 Å². The Morgan fingerprint density at radius 3 is 2.89 bits per heavy atom. The highest BCUT2D eigenvalue weighted by atomic mass is 32.1. The van der Waals surface area contributed by atoms with Crippen molar-refractivity contribution in [3.05, 3.63) is 51.7 Å². The molecule has 94 valence electrons. The minimum absolute atomic E-state index is 0.333. The predicted molar refractivity (Wildman–Crippen MR) is 75.5 cm³/mol. The fourth-order valence-electron chi connectivity index (χ4n) is 2.75. The first-order valence-electron chi connectivity index (χ1n) is 6.24. The lowest BCUT2D eigenvalue weighted by Gasteiger charge is -2.22. The summed E-state index contributed by atoms with van der Waals surface area (Å²) in [6.45, 7) is 2.95. The fraction of sp³-hybridized carbons (Fsp3) is 0.333. The number of hydrogen-bond donors (Lipinski definition) is 1. The number of benzene rings is 1. The summed E-state index contributed by atoms with van der Waals surface area (Å²) in [4.78, 5) is 1.39. The molecule has 0 radical (unpaired) electrons. The topological polar surface area (TPSA) is 21.3 Å². The minimum atomic E-state index is 0.333. The van der Waals surface area contributed by atoms with Crippen molar-refractivity contribution in [2.45, 2.75) is 18.9 Å². The Kier molecular flexibility index (Phi) is 3.10. The van der Waals surface area contributed by atoms with Crippen molar-refractivity contribution in [2.75, 3.05) is 13.7 Å². The SMILES string of the molecule is CNC(c1ccsc1C)C1COc2ccccc21. The van der Waals surface area contributed by atoms with Crippen LogP contribution in [0.4, 0.5) is 0 Å². The molecule has 2 atom stereocenters. The van der Waals surface area contributed by atoms with Crippen LogP contribution in [-0.2, 0) is 0 Å². The molecule has 0 aliphatic carbocycles. The molecule has 2 unspecified atom stereocenters. The first kappa shape index (κ1) is 11.8. The first-order valence-corrected chi connectivity index (χ1v) is 7.12. The van der Waals surface area contributed by atoms with E-state index in [-0.39, 0.29) is 0 Å². The van der Waals surface area contributed by atoms with Gasteiger partial charge in [-0.05, 0) is 37.0 Å². The number of likely N-dealkylation sites (N-methyl/N-ethyl adjacent to an activating group) is 1. The quantitative estimate of drug-likeness (QED) is 0.911. The average molecular weight is 259 g/mol. The average Bonchev–Trinajstić information content (AvgIpc) is 2.99. The molecule has 2 heterocycles. The highest BCUT2D eigenvalue weighted by Crippen LogP contribution is 2.42. The van der Waals surface area contributed by atoms with Crippen LogP contribution in [0.1, 0.15) is 28.0 Å². The Bertz CT molecular complexity index is 549. The summed E-state index contributed by atoms with van der Waals surface area (Å²) in [6, 6.07) is 10.9. The van der Waals surface area contributed by atoms with Gasteiger partial charge in [-0.3, -0.25) is 0 Å². The zero-order chi connectivity index (χ0) is 12.5. The third-order valence-corrected chi connectivity index (χ3v) is 4.55. The molecule has 0 fully saturated rings. The summed E-state index contributed by atoms with van der Waals surface area (Å²) in [5.41, 5.74) is 2.72. The number of thiophene rings is 1. The Labute approximate surface area is 112 Å². The number of rotatable bonds is 3. The van der Waals surface area contributed by atoms with Gasteiger partial charge in [-0.2, -0.15) is 0 Å². The van der Waals surface area contributed by atoms with Gasteiger partial charge in [-0.15, -0.1) is 11.3 Å². The van der Waals surface area contributed by atoms with Crippen LogP contribution in [-0.4, -0.2) is 13.7 Å². The lowest BCUT2D eigenvalue weighted by atomic mass is 9.89. The summed E-state index contributed by atoms with van der Waals surface area (Å²) >= 11 is 1.81. The minimum Gasteiger partial charge on any atom is -0.493 e. The molecule has 1 aliphatic heterocycles. The Balaban J connectivity index is 1.98. The van der Waals surface area contributed by atoms with Gasteiger partial charge in [0, 0.05) is 22.4 Å². The smallest absolute Gasteiger partial charge is 0.122 e. The number of nitrogens with one attached hydrogen (secondary N) is 1. The molecule has 3 heteroatoms. The molecule has 2 nitrogen and oxygen atoms in total. The van der Waals surface area contributed by atoms with E-state index in [0.717, 1.165) is 12.4 Å². The molecule has 2 aromatic rings. The lowest BCUT2D eigenvalue weighted by Crippen LogP contribution is -2.25. The van der Waals surface area contributed by atoms with Gasteiger partial charge in [-0.1, -0.05) is 18.2 Å².